The van der Waals surface area contributed by atoms with Gasteiger partial charge in [-0.05, 0) is 0 Å². The number of allylic oxidation sites excluding steroid dienone is 4. The zero-order valence-electron chi connectivity index (χ0n) is 30.2. The van der Waals surface area contributed by atoms with Crippen molar-refractivity contribution >= 4 is 6.48 Å². The average molecular weight is 712 g/mol. The van der Waals surface area contributed by atoms with Crippen molar-refractivity contribution in [2.24, 2.45) is 11.8 Å². The van der Waals surface area contributed by atoms with Crippen LogP contribution < -0.4 is 3.27 Å². The van der Waals surface area contributed by atoms with Crippen molar-refractivity contribution < 1.29 is 21.3 Å². The molecule has 0 amide bonds. The molecule has 0 heterocycles. The molecule has 0 spiro atoms. The van der Waals surface area contributed by atoms with Crippen LogP contribution in [-0.2, 0) is 47.0 Å². The second-order valence-corrected chi connectivity index (χ2v) is 21.1. The van der Waals surface area contributed by atoms with Gasteiger partial charge in [-0.3, -0.25) is 0 Å². The first kappa shape index (κ1) is 35.0. The van der Waals surface area contributed by atoms with Crippen molar-refractivity contribution in [1.29, 1.82) is 0 Å². The van der Waals surface area contributed by atoms with Gasteiger partial charge in [0, 0.05) is 0 Å². The summed E-state index contributed by atoms with van der Waals surface area (Å²) in [4.78, 5) is 0. The van der Waals surface area contributed by atoms with Gasteiger partial charge in [0.2, 0.25) is 0 Å². The van der Waals surface area contributed by atoms with Crippen molar-refractivity contribution in [3.05, 3.63) is 145 Å². The maximum atomic E-state index is 2.60. The molecule has 0 saturated heterocycles. The summed E-state index contributed by atoms with van der Waals surface area (Å²) in [5, 5.41) is 0. The molecule has 4 aromatic carbocycles. The van der Waals surface area contributed by atoms with Crippen LogP contribution in [0.25, 0.3) is 11.1 Å². The van der Waals surface area contributed by atoms with E-state index >= 15 is 0 Å². The van der Waals surface area contributed by atoms with Crippen LogP contribution >= 0.6 is 0 Å². The molecule has 0 aromatic heterocycles. The molecule has 1 heteroatoms. The zero-order valence-corrected chi connectivity index (χ0v) is 32.7. The summed E-state index contributed by atoms with van der Waals surface area (Å²) >= 11 is -2.39. The summed E-state index contributed by atoms with van der Waals surface area (Å²) in [6.45, 7) is 12.1. The third-order valence-electron chi connectivity index (χ3n) is 11.1. The van der Waals surface area contributed by atoms with Crippen LogP contribution in [0.5, 0.6) is 0 Å². The predicted molar refractivity (Wildman–Crippen MR) is 206 cm³/mol. The molecule has 2 atom stereocenters. The SMILES string of the molecule is CCCC[C](CCCC)=[Zr]([C]1=CC=CC1)[c]1c(CC(C)C(C)Cc2ccccc2)ccc2c1Cc1cc(C)c(Cc3ccccc3)cc1-2. The van der Waals surface area contributed by atoms with Crippen LogP contribution in [0.2, 0.25) is 0 Å². The molecule has 0 radical (unpaired) electrons. The Kier molecular flexibility index (Phi) is 12.1. The summed E-state index contributed by atoms with van der Waals surface area (Å²) in [7, 11) is 0. The Morgan fingerprint density at radius 2 is 1.40 bits per heavy atom. The third kappa shape index (κ3) is 8.11. The molecule has 6 rings (SSSR count). The van der Waals surface area contributed by atoms with Crippen molar-refractivity contribution in [2.45, 2.75) is 105 Å². The van der Waals surface area contributed by atoms with Crippen molar-refractivity contribution in [1.82, 2.24) is 0 Å². The number of fused-ring (bicyclic) bond motifs is 3. The van der Waals surface area contributed by atoms with Crippen LogP contribution in [0.3, 0.4) is 0 Å². The number of hydrogen-bond donors (Lipinski definition) is 0. The van der Waals surface area contributed by atoms with E-state index in [1.807, 2.05) is 9.76 Å². The van der Waals surface area contributed by atoms with Gasteiger partial charge in [0.05, 0.1) is 0 Å². The fourth-order valence-electron chi connectivity index (χ4n) is 8.11. The Hall–Kier alpha value is -2.89. The van der Waals surface area contributed by atoms with Gasteiger partial charge in [-0.2, -0.15) is 0 Å². The molecule has 48 heavy (non-hydrogen) atoms. The van der Waals surface area contributed by atoms with E-state index in [4.69, 9.17) is 0 Å². The van der Waals surface area contributed by atoms with E-state index < -0.39 is 21.3 Å². The Morgan fingerprint density at radius 3 is 2.04 bits per heavy atom. The number of rotatable bonds is 15. The normalized spacial score (nSPS) is 14.4. The van der Waals surface area contributed by atoms with E-state index in [1.165, 1.54) is 84.7 Å². The number of benzene rings is 4. The first-order valence-corrected chi connectivity index (χ1v) is 22.6. The fourth-order valence-corrected chi connectivity index (χ4v) is 17.0. The van der Waals surface area contributed by atoms with Crippen LogP contribution in [0.4, 0.5) is 0 Å². The molecule has 0 nitrogen and oxygen atoms in total. The minimum atomic E-state index is -2.39. The second-order valence-electron chi connectivity index (χ2n) is 14.8. The summed E-state index contributed by atoms with van der Waals surface area (Å²) in [6, 6.07) is 32.4. The van der Waals surface area contributed by atoms with E-state index in [1.54, 1.807) is 16.7 Å². The Morgan fingerprint density at radius 1 is 0.729 bits per heavy atom. The number of unbranched alkanes of at least 4 members (excludes halogenated alkanes) is 2. The van der Waals surface area contributed by atoms with E-state index in [2.05, 4.69) is 138 Å². The van der Waals surface area contributed by atoms with Gasteiger partial charge < -0.3 is 0 Å². The van der Waals surface area contributed by atoms with Crippen LogP contribution in [0.1, 0.15) is 112 Å². The topological polar surface area (TPSA) is 0 Å². The minimum absolute atomic E-state index is 0.626. The summed E-state index contributed by atoms with van der Waals surface area (Å²) < 4.78 is 5.66. The summed E-state index contributed by atoms with van der Waals surface area (Å²) in [5.41, 5.74) is 13.8. The van der Waals surface area contributed by atoms with Gasteiger partial charge in [-0.1, -0.05) is 0 Å². The number of hydrogen-bond acceptors (Lipinski definition) is 0. The van der Waals surface area contributed by atoms with E-state index in [0.29, 0.717) is 11.8 Å². The quantitative estimate of drug-likeness (QED) is 0.101. The average Bonchev–Trinajstić information content (AvgIpc) is 3.76. The van der Waals surface area contributed by atoms with E-state index in [0.717, 1.165) is 19.3 Å². The first-order valence-electron chi connectivity index (χ1n) is 18.9. The molecule has 0 saturated carbocycles. The molecule has 0 bridgehead atoms. The van der Waals surface area contributed by atoms with Crippen molar-refractivity contribution in [3.63, 3.8) is 0 Å². The van der Waals surface area contributed by atoms with Crippen molar-refractivity contribution in [2.75, 3.05) is 0 Å². The van der Waals surface area contributed by atoms with Gasteiger partial charge in [-0.15, -0.1) is 0 Å². The van der Waals surface area contributed by atoms with Crippen molar-refractivity contribution in [3.8, 4) is 11.1 Å². The molecule has 4 aromatic rings. The van der Waals surface area contributed by atoms with Gasteiger partial charge in [0.1, 0.15) is 0 Å². The predicted octanol–water partition coefficient (Wildman–Crippen LogP) is 11.9. The fraction of sp³-hybridized carbons (Fsp3) is 0.383. The third-order valence-corrected chi connectivity index (χ3v) is 19.3. The monoisotopic (exact) mass is 710 g/mol. The molecule has 0 fully saturated rings. The summed E-state index contributed by atoms with van der Waals surface area (Å²) in [5.74, 6) is 1.26. The maximum absolute atomic E-state index is 2.60. The Bertz CT molecular complexity index is 1780. The molecule has 2 unspecified atom stereocenters. The molecular weight excluding hydrogens is 656 g/mol. The van der Waals surface area contributed by atoms with Gasteiger partial charge in [0.15, 0.2) is 0 Å². The Balaban J connectivity index is 1.48. The molecular formula is C47H56Zr. The zero-order chi connectivity index (χ0) is 33.5. The first-order chi connectivity index (χ1) is 23.5. The van der Waals surface area contributed by atoms with Crippen LogP contribution in [-0.4, -0.2) is 3.21 Å². The van der Waals surface area contributed by atoms with Gasteiger partial charge in [-0.25, -0.2) is 0 Å². The van der Waals surface area contributed by atoms with Crippen LogP contribution in [0, 0.1) is 18.8 Å². The molecule has 248 valence electrons. The summed E-state index contributed by atoms with van der Waals surface area (Å²) in [6.07, 6.45) is 20.9. The molecule has 2 aliphatic carbocycles. The van der Waals surface area contributed by atoms with Gasteiger partial charge in [0.25, 0.3) is 0 Å². The van der Waals surface area contributed by atoms with Crippen LogP contribution in [0.15, 0.2) is 106 Å². The molecule has 0 N–H and O–H groups in total. The number of aryl methyl sites for hydroxylation is 1. The molecule has 0 aliphatic heterocycles. The second kappa shape index (κ2) is 16.7. The Labute approximate surface area is 299 Å². The van der Waals surface area contributed by atoms with E-state index in [-0.39, 0.29) is 0 Å². The van der Waals surface area contributed by atoms with E-state index in [9.17, 15) is 0 Å². The standard InChI is InChI=1S/C33H33.C9H18.C5H5.Zr/c1-23(16-26-10-6-4-7-11-26)24(2)17-28-14-15-32-31(20-28)21-30-18-25(3)29(22-33(30)32)19-27-12-8-5-9-13-27;1-3-5-7-9-8-6-4-2;1-2-4-5-3-1;/h4-15,18,22-24H,16-17,19,21H2,1-3H3;3-8H2,1-2H3;1-3H,4H2;. The molecule has 2 aliphatic rings. The van der Waals surface area contributed by atoms with Gasteiger partial charge >= 0.3 is 301 Å².